The quantitative estimate of drug-likeness (QED) is 0.420. The fourth-order valence-corrected chi connectivity index (χ4v) is 2.52. The van der Waals surface area contributed by atoms with Gasteiger partial charge in [-0.05, 0) is 36.3 Å². The molecule has 2 rings (SSSR count). The summed E-state index contributed by atoms with van der Waals surface area (Å²) in [6.45, 7) is 1.82. The van der Waals surface area contributed by atoms with Crippen LogP contribution in [0, 0.1) is 10.1 Å². The second-order valence-corrected chi connectivity index (χ2v) is 5.96. The minimum atomic E-state index is -0.450. The van der Waals surface area contributed by atoms with Gasteiger partial charge in [0.2, 0.25) is 5.91 Å². The number of carbonyl (C=O) groups is 1. The van der Waals surface area contributed by atoms with E-state index in [0.29, 0.717) is 17.1 Å². The standard InChI is InChI=1S/C20H22N2O5/c1-14(16-6-5-7-17(12-16)22(24)25)21(2)20(23)9-8-15-10-18(26-3)13-19(11-15)27-4/h5-14H,1-4H3/b9-8+/t14-/m1/s1. The van der Waals surface area contributed by atoms with Gasteiger partial charge in [0, 0.05) is 31.3 Å². The summed E-state index contributed by atoms with van der Waals surface area (Å²) in [5, 5.41) is 10.9. The molecule has 0 bridgehead atoms. The molecular weight excluding hydrogens is 348 g/mol. The topological polar surface area (TPSA) is 81.9 Å². The van der Waals surface area contributed by atoms with Crippen LogP contribution in [-0.4, -0.2) is 37.0 Å². The van der Waals surface area contributed by atoms with Gasteiger partial charge in [-0.25, -0.2) is 0 Å². The van der Waals surface area contributed by atoms with Gasteiger partial charge in [-0.15, -0.1) is 0 Å². The number of ether oxygens (including phenoxy) is 2. The molecule has 0 radical (unpaired) electrons. The molecule has 0 aliphatic carbocycles. The highest BCUT2D eigenvalue weighted by molar-refractivity contribution is 5.92. The number of rotatable bonds is 7. The van der Waals surface area contributed by atoms with Crippen molar-refractivity contribution in [1.82, 2.24) is 4.90 Å². The Kier molecular flexibility index (Phi) is 6.54. The molecule has 0 unspecified atom stereocenters. The van der Waals surface area contributed by atoms with Gasteiger partial charge in [0.1, 0.15) is 11.5 Å². The summed E-state index contributed by atoms with van der Waals surface area (Å²) in [4.78, 5) is 24.5. The minimum Gasteiger partial charge on any atom is -0.497 e. The highest BCUT2D eigenvalue weighted by atomic mass is 16.6. The van der Waals surface area contributed by atoms with Crippen molar-refractivity contribution >= 4 is 17.7 Å². The van der Waals surface area contributed by atoms with Gasteiger partial charge in [-0.1, -0.05) is 12.1 Å². The Hall–Kier alpha value is -3.35. The van der Waals surface area contributed by atoms with E-state index in [1.807, 2.05) is 6.92 Å². The molecule has 2 aromatic rings. The maximum Gasteiger partial charge on any atom is 0.269 e. The Morgan fingerprint density at radius 3 is 2.33 bits per heavy atom. The third kappa shape index (κ3) is 5.07. The summed E-state index contributed by atoms with van der Waals surface area (Å²) in [6.07, 6.45) is 3.12. The van der Waals surface area contributed by atoms with Crippen LogP contribution >= 0.6 is 0 Å². The van der Waals surface area contributed by atoms with Crippen LogP contribution in [0.5, 0.6) is 11.5 Å². The lowest BCUT2D eigenvalue weighted by molar-refractivity contribution is -0.384. The number of amides is 1. The van der Waals surface area contributed by atoms with Gasteiger partial charge in [-0.3, -0.25) is 14.9 Å². The van der Waals surface area contributed by atoms with E-state index < -0.39 is 4.92 Å². The number of likely N-dealkylation sites (N-methyl/N-ethyl adjacent to an activating group) is 1. The number of carbonyl (C=O) groups excluding carboxylic acids is 1. The predicted octanol–water partition coefficient (Wildman–Crippen LogP) is 3.84. The number of hydrogen-bond acceptors (Lipinski definition) is 5. The molecule has 1 amide bonds. The van der Waals surface area contributed by atoms with Crippen LogP contribution in [0.4, 0.5) is 5.69 Å². The number of nitro benzene ring substituents is 1. The number of benzene rings is 2. The Morgan fingerprint density at radius 1 is 1.15 bits per heavy atom. The van der Waals surface area contributed by atoms with Crippen molar-refractivity contribution in [2.75, 3.05) is 21.3 Å². The molecule has 0 fully saturated rings. The molecule has 2 aromatic carbocycles. The Bertz CT molecular complexity index is 841. The average Bonchev–Trinajstić information content (AvgIpc) is 2.70. The van der Waals surface area contributed by atoms with Crippen LogP contribution in [0.25, 0.3) is 6.08 Å². The van der Waals surface area contributed by atoms with Crippen molar-refractivity contribution in [3.8, 4) is 11.5 Å². The molecule has 0 saturated carbocycles. The Balaban J connectivity index is 2.16. The third-order valence-corrected chi connectivity index (χ3v) is 4.28. The van der Waals surface area contributed by atoms with Crippen molar-refractivity contribution in [1.29, 1.82) is 0 Å². The molecular formula is C20H22N2O5. The summed E-state index contributed by atoms with van der Waals surface area (Å²) >= 11 is 0. The normalized spacial score (nSPS) is 11.9. The summed E-state index contributed by atoms with van der Waals surface area (Å²) in [5.41, 5.74) is 1.45. The molecule has 142 valence electrons. The van der Waals surface area contributed by atoms with Crippen LogP contribution in [-0.2, 0) is 4.79 Å². The average molecular weight is 370 g/mol. The SMILES string of the molecule is COc1cc(/C=C/C(=O)N(C)[C@H](C)c2cccc([N+](=O)[O-])c2)cc(OC)c1. The predicted molar refractivity (Wildman–Crippen MR) is 103 cm³/mol. The van der Waals surface area contributed by atoms with Gasteiger partial charge in [0.05, 0.1) is 25.2 Å². The van der Waals surface area contributed by atoms with Crippen LogP contribution in [0.2, 0.25) is 0 Å². The number of non-ortho nitro benzene ring substituents is 1. The first kappa shape index (κ1) is 20.0. The summed E-state index contributed by atoms with van der Waals surface area (Å²) in [7, 11) is 4.77. The zero-order valence-electron chi connectivity index (χ0n) is 15.7. The number of nitrogens with zero attached hydrogens (tertiary/aromatic N) is 2. The number of nitro groups is 1. The molecule has 0 aliphatic heterocycles. The smallest absolute Gasteiger partial charge is 0.269 e. The lowest BCUT2D eigenvalue weighted by Gasteiger charge is -2.24. The second-order valence-electron chi connectivity index (χ2n) is 5.96. The molecule has 1 atom stereocenters. The highest BCUT2D eigenvalue weighted by Crippen LogP contribution is 2.25. The van der Waals surface area contributed by atoms with Crippen molar-refractivity contribution in [3.63, 3.8) is 0 Å². The second kappa shape index (κ2) is 8.84. The van der Waals surface area contributed by atoms with Gasteiger partial charge < -0.3 is 14.4 Å². The van der Waals surface area contributed by atoms with E-state index >= 15 is 0 Å². The zero-order chi connectivity index (χ0) is 20.0. The Labute approximate surface area is 158 Å². The van der Waals surface area contributed by atoms with Crippen molar-refractivity contribution < 1.29 is 19.2 Å². The largest absolute Gasteiger partial charge is 0.497 e. The van der Waals surface area contributed by atoms with E-state index in [2.05, 4.69) is 0 Å². The van der Waals surface area contributed by atoms with Gasteiger partial charge in [0.25, 0.3) is 5.69 Å². The van der Waals surface area contributed by atoms with Gasteiger partial charge in [0.15, 0.2) is 0 Å². The minimum absolute atomic E-state index is 0.000725. The highest BCUT2D eigenvalue weighted by Gasteiger charge is 2.17. The van der Waals surface area contributed by atoms with E-state index in [1.165, 1.54) is 23.1 Å². The monoisotopic (exact) mass is 370 g/mol. The maximum absolute atomic E-state index is 12.5. The fourth-order valence-electron chi connectivity index (χ4n) is 2.52. The van der Waals surface area contributed by atoms with Gasteiger partial charge >= 0.3 is 0 Å². The number of hydrogen-bond donors (Lipinski definition) is 0. The van der Waals surface area contributed by atoms with Gasteiger partial charge in [-0.2, -0.15) is 0 Å². The van der Waals surface area contributed by atoms with Crippen molar-refractivity contribution in [3.05, 3.63) is 69.8 Å². The number of methoxy groups -OCH3 is 2. The summed E-state index contributed by atoms with van der Waals surface area (Å²) in [6, 6.07) is 11.3. The first-order valence-corrected chi connectivity index (χ1v) is 8.28. The van der Waals surface area contributed by atoms with Crippen LogP contribution < -0.4 is 9.47 Å². The molecule has 7 nitrogen and oxygen atoms in total. The van der Waals surface area contributed by atoms with E-state index in [4.69, 9.17) is 9.47 Å². The lowest BCUT2D eigenvalue weighted by Crippen LogP contribution is -2.28. The molecule has 0 saturated heterocycles. The summed E-state index contributed by atoms with van der Waals surface area (Å²) in [5.74, 6) is 1.02. The van der Waals surface area contributed by atoms with E-state index in [1.54, 1.807) is 57.7 Å². The molecule has 0 heterocycles. The Morgan fingerprint density at radius 2 is 1.78 bits per heavy atom. The van der Waals surface area contributed by atoms with E-state index in [0.717, 1.165) is 5.56 Å². The summed E-state index contributed by atoms with van der Waals surface area (Å²) < 4.78 is 10.4. The van der Waals surface area contributed by atoms with Crippen LogP contribution in [0.15, 0.2) is 48.5 Å². The van der Waals surface area contributed by atoms with Crippen molar-refractivity contribution in [2.24, 2.45) is 0 Å². The third-order valence-electron chi connectivity index (χ3n) is 4.28. The zero-order valence-corrected chi connectivity index (χ0v) is 15.7. The molecule has 0 aliphatic rings. The van der Waals surface area contributed by atoms with Crippen LogP contribution in [0.3, 0.4) is 0 Å². The van der Waals surface area contributed by atoms with Crippen molar-refractivity contribution in [2.45, 2.75) is 13.0 Å². The maximum atomic E-state index is 12.5. The fraction of sp³-hybridized carbons (Fsp3) is 0.250. The van der Waals surface area contributed by atoms with E-state index in [9.17, 15) is 14.9 Å². The van der Waals surface area contributed by atoms with Crippen LogP contribution in [0.1, 0.15) is 24.1 Å². The van der Waals surface area contributed by atoms with E-state index in [-0.39, 0.29) is 17.6 Å². The molecule has 27 heavy (non-hydrogen) atoms. The first-order valence-electron chi connectivity index (χ1n) is 8.28. The molecule has 0 N–H and O–H groups in total. The molecule has 0 aromatic heterocycles. The lowest BCUT2D eigenvalue weighted by atomic mass is 10.1. The molecule has 0 spiro atoms. The first-order chi connectivity index (χ1) is 12.8. The molecule has 7 heteroatoms.